The topological polar surface area (TPSA) is 30.5 Å². The van der Waals surface area contributed by atoms with Crippen LogP contribution in [-0.2, 0) is 4.74 Å². The van der Waals surface area contributed by atoms with Crippen molar-refractivity contribution in [3.8, 4) is 5.75 Å². The van der Waals surface area contributed by atoms with Crippen LogP contribution in [0.25, 0.3) is 0 Å². The Morgan fingerprint density at radius 3 is 2.77 bits per heavy atom. The number of ether oxygens (including phenoxy) is 2. The van der Waals surface area contributed by atoms with Gasteiger partial charge in [-0.15, -0.1) is 0 Å². The number of rotatable bonds is 0. The maximum atomic E-state index is 6.43. The van der Waals surface area contributed by atoms with Gasteiger partial charge in [-0.25, -0.2) is 0 Å². The summed E-state index contributed by atoms with van der Waals surface area (Å²) >= 11 is 6.20. The molecule has 0 unspecified atom stereocenters. The molecule has 1 N–H and O–H groups in total. The van der Waals surface area contributed by atoms with Crippen molar-refractivity contribution in [1.29, 1.82) is 0 Å². The number of benzene rings is 1. The molecule has 0 saturated carbocycles. The first-order valence-electron chi connectivity index (χ1n) is 8.30. The molecule has 3 heterocycles. The number of halogens is 1. The van der Waals surface area contributed by atoms with Crippen LogP contribution in [0.4, 0.5) is 0 Å². The van der Waals surface area contributed by atoms with E-state index >= 15 is 0 Å². The molecule has 1 aromatic rings. The number of nitrogens with one attached hydrogen (secondary N) is 1. The summed E-state index contributed by atoms with van der Waals surface area (Å²) in [7, 11) is 0. The van der Waals surface area contributed by atoms with Gasteiger partial charge in [-0.05, 0) is 69.8 Å². The van der Waals surface area contributed by atoms with E-state index in [1.807, 2.05) is 18.2 Å². The van der Waals surface area contributed by atoms with Crippen molar-refractivity contribution in [3.63, 3.8) is 0 Å². The molecule has 2 fully saturated rings. The molecule has 2 atom stereocenters. The third-order valence-electron chi connectivity index (χ3n) is 5.80. The molecule has 0 aromatic heterocycles. The molecule has 0 radical (unpaired) electrons. The highest BCUT2D eigenvalue weighted by Crippen LogP contribution is 2.55. The molecule has 22 heavy (non-hydrogen) atoms. The van der Waals surface area contributed by atoms with Gasteiger partial charge in [0.25, 0.3) is 0 Å². The summed E-state index contributed by atoms with van der Waals surface area (Å²) in [6, 6.07) is 5.89. The normalized spacial score (nSPS) is 32.0. The molecule has 4 heteroatoms. The van der Waals surface area contributed by atoms with Gasteiger partial charge in [0.2, 0.25) is 0 Å². The average Bonchev–Trinajstić information content (AvgIpc) is 2.49. The lowest BCUT2D eigenvalue weighted by Crippen LogP contribution is -2.53. The molecule has 120 valence electrons. The molecule has 3 nitrogen and oxygen atoms in total. The zero-order valence-electron chi connectivity index (χ0n) is 13.3. The fourth-order valence-electron chi connectivity index (χ4n) is 4.43. The minimum atomic E-state index is -0.205. The van der Waals surface area contributed by atoms with Gasteiger partial charge in [-0.1, -0.05) is 11.6 Å². The van der Waals surface area contributed by atoms with E-state index in [-0.39, 0.29) is 11.7 Å². The van der Waals surface area contributed by atoms with Crippen LogP contribution in [0, 0.1) is 11.3 Å². The van der Waals surface area contributed by atoms with Crippen molar-refractivity contribution in [2.75, 3.05) is 19.7 Å². The fourth-order valence-corrected chi connectivity index (χ4v) is 4.61. The summed E-state index contributed by atoms with van der Waals surface area (Å²) in [5.74, 6) is 1.31. The van der Waals surface area contributed by atoms with Gasteiger partial charge in [0.05, 0.1) is 12.7 Å². The molecule has 0 amide bonds. The van der Waals surface area contributed by atoms with Gasteiger partial charge >= 0.3 is 0 Å². The third kappa shape index (κ3) is 2.34. The lowest BCUT2D eigenvalue weighted by Gasteiger charge is -2.53. The molecule has 2 saturated heterocycles. The van der Waals surface area contributed by atoms with E-state index in [1.165, 1.54) is 19.3 Å². The first-order valence-corrected chi connectivity index (χ1v) is 8.68. The largest absolute Gasteiger partial charge is 0.487 e. The molecular weight excluding hydrogens is 298 g/mol. The monoisotopic (exact) mass is 321 g/mol. The Morgan fingerprint density at radius 2 is 2.00 bits per heavy atom. The van der Waals surface area contributed by atoms with Gasteiger partial charge in [0.1, 0.15) is 11.4 Å². The Kier molecular flexibility index (Phi) is 3.44. The van der Waals surface area contributed by atoms with Crippen LogP contribution in [0.15, 0.2) is 18.2 Å². The minimum Gasteiger partial charge on any atom is -0.487 e. The van der Waals surface area contributed by atoms with Crippen LogP contribution < -0.4 is 10.1 Å². The summed E-state index contributed by atoms with van der Waals surface area (Å²) < 4.78 is 12.7. The van der Waals surface area contributed by atoms with Gasteiger partial charge in [0, 0.05) is 16.5 Å². The van der Waals surface area contributed by atoms with E-state index in [4.69, 9.17) is 21.1 Å². The Balaban J connectivity index is 1.70. The van der Waals surface area contributed by atoms with E-state index in [2.05, 4.69) is 19.2 Å². The third-order valence-corrected chi connectivity index (χ3v) is 6.03. The standard InChI is InChI=1S/C18H24ClNO2/c1-17(2)14-10-18(5-7-20-8-6-18)11-21-16(14)13-9-12(19)3-4-15(13)22-17/h3-4,9,14,16,20H,5-8,10-11H2,1-2H3/t14-,16+/m0/s1. The second-order valence-electron chi connectivity index (χ2n) is 7.68. The molecule has 0 bridgehead atoms. The Labute approximate surface area is 137 Å². The van der Waals surface area contributed by atoms with Gasteiger partial charge < -0.3 is 14.8 Å². The van der Waals surface area contributed by atoms with E-state index in [1.54, 1.807) is 0 Å². The Bertz CT molecular complexity index is 580. The highest BCUT2D eigenvalue weighted by atomic mass is 35.5. The molecule has 1 aromatic carbocycles. The maximum Gasteiger partial charge on any atom is 0.126 e. The van der Waals surface area contributed by atoms with Crippen molar-refractivity contribution in [3.05, 3.63) is 28.8 Å². The predicted octanol–water partition coefficient (Wildman–Crippen LogP) is 3.96. The highest BCUT2D eigenvalue weighted by Gasteiger charge is 2.52. The summed E-state index contributed by atoms with van der Waals surface area (Å²) in [5, 5.41) is 4.22. The van der Waals surface area contributed by atoms with Crippen LogP contribution in [0.5, 0.6) is 5.75 Å². The Hall–Kier alpha value is -0.770. The quantitative estimate of drug-likeness (QED) is 0.784. The lowest BCUT2D eigenvalue weighted by molar-refractivity contribution is -0.169. The first kappa shape index (κ1) is 14.8. The summed E-state index contributed by atoms with van der Waals surface area (Å²) in [4.78, 5) is 0. The highest BCUT2D eigenvalue weighted by molar-refractivity contribution is 6.30. The van der Waals surface area contributed by atoms with Crippen LogP contribution >= 0.6 is 11.6 Å². The number of piperidine rings is 1. The second kappa shape index (κ2) is 5.12. The smallest absolute Gasteiger partial charge is 0.126 e. The van der Waals surface area contributed by atoms with Crippen molar-refractivity contribution in [2.45, 2.75) is 44.8 Å². The van der Waals surface area contributed by atoms with Gasteiger partial charge in [-0.2, -0.15) is 0 Å². The van der Waals surface area contributed by atoms with Crippen LogP contribution in [-0.4, -0.2) is 25.3 Å². The predicted molar refractivity (Wildman–Crippen MR) is 87.5 cm³/mol. The molecule has 3 aliphatic rings. The summed E-state index contributed by atoms with van der Waals surface area (Å²) in [5.41, 5.74) is 1.24. The van der Waals surface area contributed by atoms with Gasteiger partial charge in [0.15, 0.2) is 0 Å². The van der Waals surface area contributed by atoms with E-state index in [9.17, 15) is 0 Å². The van der Waals surface area contributed by atoms with Crippen molar-refractivity contribution in [1.82, 2.24) is 5.32 Å². The van der Waals surface area contributed by atoms with Crippen molar-refractivity contribution < 1.29 is 9.47 Å². The van der Waals surface area contributed by atoms with Gasteiger partial charge in [-0.3, -0.25) is 0 Å². The van der Waals surface area contributed by atoms with Crippen molar-refractivity contribution >= 4 is 11.6 Å². The average molecular weight is 322 g/mol. The second-order valence-corrected chi connectivity index (χ2v) is 8.12. The zero-order valence-corrected chi connectivity index (χ0v) is 14.1. The summed E-state index contributed by atoms with van der Waals surface area (Å²) in [6.07, 6.45) is 3.69. The molecule has 1 spiro atoms. The fraction of sp³-hybridized carbons (Fsp3) is 0.667. The Morgan fingerprint density at radius 1 is 1.23 bits per heavy atom. The maximum absolute atomic E-state index is 6.43. The SMILES string of the molecule is CC1(C)Oc2ccc(Cl)cc2[C@H]2OCC3(CCNCC3)C[C@@H]21. The number of hydrogen-bond acceptors (Lipinski definition) is 3. The van der Waals surface area contributed by atoms with Crippen LogP contribution in [0.2, 0.25) is 5.02 Å². The summed E-state index contributed by atoms with van der Waals surface area (Å²) in [6.45, 7) is 7.46. The zero-order chi connectivity index (χ0) is 15.4. The van der Waals surface area contributed by atoms with E-state index in [0.717, 1.165) is 36.0 Å². The molecular formula is C18H24ClNO2. The minimum absolute atomic E-state index is 0.109. The van der Waals surface area contributed by atoms with E-state index in [0.29, 0.717) is 11.3 Å². The van der Waals surface area contributed by atoms with Crippen LogP contribution in [0.1, 0.15) is 44.8 Å². The molecule has 4 rings (SSSR count). The van der Waals surface area contributed by atoms with Crippen LogP contribution in [0.3, 0.4) is 0 Å². The lowest BCUT2D eigenvalue weighted by atomic mass is 9.64. The van der Waals surface area contributed by atoms with Crippen molar-refractivity contribution in [2.24, 2.45) is 11.3 Å². The van der Waals surface area contributed by atoms with E-state index < -0.39 is 0 Å². The first-order chi connectivity index (χ1) is 10.5. The molecule has 3 aliphatic heterocycles. The molecule has 0 aliphatic carbocycles. The number of fused-ring (bicyclic) bond motifs is 3. The number of hydrogen-bond donors (Lipinski definition) is 1.